The van der Waals surface area contributed by atoms with E-state index in [0.717, 1.165) is 11.3 Å². The monoisotopic (exact) mass is 482 g/mol. The lowest BCUT2D eigenvalue weighted by molar-refractivity contribution is 0.104. The molecular formula is C28H26N4O4. The van der Waals surface area contributed by atoms with E-state index in [9.17, 15) is 4.79 Å². The third kappa shape index (κ3) is 5.61. The molecule has 0 aliphatic heterocycles. The fourth-order valence-electron chi connectivity index (χ4n) is 3.56. The molecule has 0 saturated heterocycles. The van der Waals surface area contributed by atoms with E-state index < -0.39 is 0 Å². The van der Waals surface area contributed by atoms with Crippen molar-refractivity contribution in [3.63, 3.8) is 0 Å². The third-order valence-corrected chi connectivity index (χ3v) is 5.29. The second kappa shape index (κ2) is 11.5. The van der Waals surface area contributed by atoms with Crippen molar-refractivity contribution in [3.05, 3.63) is 96.3 Å². The Morgan fingerprint density at radius 2 is 1.39 bits per heavy atom. The van der Waals surface area contributed by atoms with E-state index in [1.54, 1.807) is 70.1 Å². The van der Waals surface area contributed by atoms with Crippen LogP contribution in [0.15, 0.2) is 85.2 Å². The summed E-state index contributed by atoms with van der Waals surface area (Å²) in [5, 5.41) is 6.47. The third-order valence-electron chi connectivity index (χ3n) is 5.29. The summed E-state index contributed by atoms with van der Waals surface area (Å²) in [6.45, 7) is 0. The highest BCUT2D eigenvalue weighted by atomic mass is 16.5. The van der Waals surface area contributed by atoms with Gasteiger partial charge < -0.3 is 24.8 Å². The smallest absolute Gasteiger partial charge is 0.203 e. The first kappa shape index (κ1) is 24.3. The fraction of sp³-hybridized carbons (Fsp3) is 0.107. The van der Waals surface area contributed by atoms with Crippen LogP contribution < -0.4 is 24.8 Å². The molecule has 0 fully saturated rings. The molecular weight excluding hydrogens is 456 g/mol. The van der Waals surface area contributed by atoms with Crippen LogP contribution in [0.1, 0.15) is 15.9 Å². The van der Waals surface area contributed by atoms with Crippen molar-refractivity contribution in [2.45, 2.75) is 0 Å². The van der Waals surface area contributed by atoms with E-state index in [0.29, 0.717) is 40.1 Å². The normalized spacial score (nSPS) is 10.6. The number of para-hydroxylation sites is 1. The van der Waals surface area contributed by atoms with Gasteiger partial charge in [0.05, 0.1) is 26.9 Å². The number of hydrogen-bond donors (Lipinski definition) is 2. The number of nitrogens with zero attached hydrogens (tertiary/aromatic N) is 2. The molecule has 8 nitrogen and oxygen atoms in total. The van der Waals surface area contributed by atoms with Crippen LogP contribution in [0.3, 0.4) is 0 Å². The molecule has 0 aliphatic carbocycles. The molecule has 0 saturated carbocycles. The molecule has 0 radical (unpaired) electrons. The molecule has 0 spiro atoms. The van der Waals surface area contributed by atoms with Gasteiger partial charge in [0.25, 0.3) is 0 Å². The lowest BCUT2D eigenvalue weighted by Crippen LogP contribution is -2.03. The molecule has 2 aromatic heterocycles. The number of pyridine rings is 2. The first-order valence-corrected chi connectivity index (χ1v) is 11.1. The van der Waals surface area contributed by atoms with E-state index in [4.69, 9.17) is 14.2 Å². The Kier molecular flexibility index (Phi) is 7.77. The second-order valence-electron chi connectivity index (χ2n) is 7.57. The number of ketones is 1. The molecule has 2 N–H and O–H groups in total. The van der Waals surface area contributed by atoms with Gasteiger partial charge in [-0.05, 0) is 48.6 Å². The molecule has 2 heterocycles. The Bertz CT molecular complexity index is 1350. The Hall–Kier alpha value is -4.85. The van der Waals surface area contributed by atoms with Gasteiger partial charge in [-0.1, -0.05) is 18.2 Å². The van der Waals surface area contributed by atoms with Gasteiger partial charge in [-0.2, -0.15) is 0 Å². The first-order chi connectivity index (χ1) is 17.6. The Morgan fingerprint density at radius 1 is 0.750 bits per heavy atom. The number of rotatable bonds is 10. The van der Waals surface area contributed by atoms with Gasteiger partial charge in [0.15, 0.2) is 17.3 Å². The Balaban J connectivity index is 1.58. The summed E-state index contributed by atoms with van der Waals surface area (Å²) in [5.41, 5.74) is 2.71. The lowest BCUT2D eigenvalue weighted by Gasteiger charge is -2.15. The van der Waals surface area contributed by atoms with E-state index in [1.807, 2.05) is 36.4 Å². The molecule has 2 aromatic carbocycles. The number of anilines is 4. The van der Waals surface area contributed by atoms with Crippen molar-refractivity contribution < 1.29 is 19.0 Å². The number of ether oxygens (including phenoxy) is 3. The maximum atomic E-state index is 13.1. The molecule has 0 amide bonds. The highest BCUT2D eigenvalue weighted by molar-refractivity contribution is 6.10. The Morgan fingerprint density at radius 3 is 2.06 bits per heavy atom. The van der Waals surface area contributed by atoms with Crippen LogP contribution in [0, 0.1) is 0 Å². The summed E-state index contributed by atoms with van der Waals surface area (Å²) in [5.74, 6) is 2.37. The highest BCUT2D eigenvalue weighted by Gasteiger charge is 2.15. The topological polar surface area (TPSA) is 94.6 Å². The minimum absolute atomic E-state index is 0.191. The van der Waals surface area contributed by atoms with Gasteiger partial charge in [0.1, 0.15) is 11.6 Å². The highest BCUT2D eigenvalue weighted by Crippen LogP contribution is 2.40. The van der Waals surface area contributed by atoms with Crippen LogP contribution in [0.2, 0.25) is 0 Å². The van der Waals surface area contributed by atoms with Crippen molar-refractivity contribution in [1.29, 1.82) is 0 Å². The number of allylic oxidation sites excluding steroid dienone is 1. The van der Waals surface area contributed by atoms with Crippen LogP contribution in [0.5, 0.6) is 17.2 Å². The van der Waals surface area contributed by atoms with Crippen molar-refractivity contribution in [2.24, 2.45) is 0 Å². The zero-order valence-corrected chi connectivity index (χ0v) is 20.2. The molecule has 0 unspecified atom stereocenters. The molecule has 0 atom stereocenters. The Labute approximate surface area is 209 Å². The summed E-state index contributed by atoms with van der Waals surface area (Å²) >= 11 is 0. The molecule has 36 heavy (non-hydrogen) atoms. The quantitative estimate of drug-likeness (QED) is 0.214. The number of aromatic nitrogens is 2. The van der Waals surface area contributed by atoms with E-state index in [-0.39, 0.29) is 5.78 Å². The van der Waals surface area contributed by atoms with Gasteiger partial charge in [-0.15, -0.1) is 0 Å². The molecule has 0 aliphatic rings. The molecule has 4 aromatic rings. The predicted octanol–water partition coefficient (Wildman–Crippen LogP) is 5.89. The van der Waals surface area contributed by atoms with Crippen LogP contribution in [-0.4, -0.2) is 37.1 Å². The zero-order chi connectivity index (χ0) is 25.3. The van der Waals surface area contributed by atoms with Crippen molar-refractivity contribution >= 4 is 34.9 Å². The van der Waals surface area contributed by atoms with Crippen LogP contribution in [0.25, 0.3) is 6.08 Å². The van der Waals surface area contributed by atoms with Crippen molar-refractivity contribution in [3.8, 4) is 17.2 Å². The van der Waals surface area contributed by atoms with Crippen LogP contribution in [0.4, 0.5) is 23.0 Å². The summed E-state index contributed by atoms with van der Waals surface area (Å²) in [6, 6.07) is 20.3. The van der Waals surface area contributed by atoms with Crippen LogP contribution in [-0.2, 0) is 0 Å². The molecule has 182 valence electrons. The van der Waals surface area contributed by atoms with E-state index >= 15 is 0 Å². The van der Waals surface area contributed by atoms with Gasteiger partial charge >= 0.3 is 0 Å². The summed E-state index contributed by atoms with van der Waals surface area (Å²) in [4.78, 5) is 21.9. The SMILES string of the molecule is COc1cc(Nc2ncccc2C=CC(=O)c2cccnc2Nc2ccccc2)cc(OC)c1OC. The van der Waals surface area contributed by atoms with E-state index in [1.165, 1.54) is 6.08 Å². The van der Waals surface area contributed by atoms with Crippen molar-refractivity contribution in [1.82, 2.24) is 9.97 Å². The average molecular weight is 483 g/mol. The number of carbonyl (C=O) groups excluding carboxylic acids is 1. The predicted molar refractivity (Wildman–Crippen MR) is 141 cm³/mol. The number of hydrogen-bond acceptors (Lipinski definition) is 8. The molecule has 0 bridgehead atoms. The maximum absolute atomic E-state index is 13.1. The fourth-order valence-corrected chi connectivity index (χ4v) is 3.56. The largest absolute Gasteiger partial charge is 0.493 e. The number of benzene rings is 2. The second-order valence-corrected chi connectivity index (χ2v) is 7.57. The van der Waals surface area contributed by atoms with Gasteiger partial charge in [0.2, 0.25) is 5.75 Å². The van der Waals surface area contributed by atoms with Gasteiger partial charge in [-0.25, -0.2) is 9.97 Å². The number of nitrogens with one attached hydrogen (secondary N) is 2. The molecule has 8 heteroatoms. The summed E-state index contributed by atoms with van der Waals surface area (Å²) < 4.78 is 16.3. The van der Waals surface area contributed by atoms with E-state index in [2.05, 4.69) is 20.6 Å². The summed E-state index contributed by atoms with van der Waals surface area (Å²) in [6.07, 6.45) is 6.54. The van der Waals surface area contributed by atoms with Crippen molar-refractivity contribution in [2.75, 3.05) is 32.0 Å². The zero-order valence-electron chi connectivity index (χ0n) is 20.2. The molecule has 4 rings (SSSR count). The minimum Gasteiger partial charge on any atom is -0.493 e. The van der Waals surface area contributed by atoms with Gasteiger partial charge in [-0.3, -0.25) is 4.79 Å². The lowest BCUT2D eigenvalue weighted by atomic mass is 10.1. The average Bonchev–Trinajstić information content (AvgIpc) is 2.92. The maximum Gasteiger partial charge on any atom is 0.203 e. The summed E-state index contributed by atoms with van der Waals surface area (Å²) in [7, 11) is 4.66. The van der Waals surface area contributed by atoms with Gasteiger partial charge in [0, 0.05) is 41.5 Å². The minimum atomic E-state index is -0.191. The standard InChI is InChI=1S/C28H26N4O4/c1-34-24-17-21(18-25(35-2)26(24)36-3)32-27-19(9-7-15-29-27)13-14-23(33)22-12-8-16-30-28(22)31-20-10-5-4-6-11-20/h4-18H,1-3H3,(H,29,32)(H,30,31). The van der Waals surface area contributed by atoms with Crippen LogP contribution >= 0.6 is 0 Å². The number of methoxy groups -OCH3 is 3. The number of carbonyl (C=O) groups is 1. The first-order valence-electron chi connectivity index (χ1n) is 11.1.